The number of nitrogens with zero attached hydrogens (tertiary/aromatic N) is 2. The highest BCUT2D eigenvalue weighted by molar-refractivity contribution is 6.00. The third-order valence-corrected chi connectivity index (χ3v) is 11.1. The number of carboxylic acid groups (broad SMARTS) is 3. The molecule has 1 fully saturated rings. The molecule has 9 amide bonds. The Labute approximate surface area is 419 Å². The van der Waals surface area contributed by atoms with Gasteiger partial charge >= 0.3 is 17.9 Å². The number of rotatable bonds is 26. The van der Waals surface area contributed by atoms with Gasteiger partial charge in [-0.05, 0) is 44.4 Å². The second kappa shape index (κ2) is 28.1. The van der Waals surface area contributed by atoms with Gasteiger partial charge < -0.3 is 57.2 Å². The number of carbonyl (C=O) groups excluding carboxylic acids is 9. The van der Waals surface area contributed by atoms with E-state index in [0.717, 1.165) is 18.7 Å². The fourth-order valence-electron chi connectivity index (χ4n) is 7.34. The minimum absolute atomic E-state index is 0.00404. The highest BCUT2D eigenvalue weighted by Gasteiger charge is 2.42. The molecule has 0 aromatic heterocycles. The number of hydrogen-bond donors (Lipinski definition) is 11. The number of hydrazine groups is 1. The zero-order valence-corrected chi connectivity index (χ0v) is 41.1. The van der Waals surface area contributed by atoms with Crippen LogP contribution in [0.1, 0.15) is 104 Å². The van der Waals surface area contributed by atoms with Gasteiger partial charge in [0.05, 0.1) is 18.9 Å². The fraction of sp³-hybridized carbons (Fsp3) is 0.591. The Bertz CT molecular complexity index is 2300. The Kier molecular flexibility index (Phi) is 23.7. The maximum absolute atomic E-state index is 14.6. The largest absolute Gasteiger partial charge is 0.481 e. The Morgan fingerprint density at radius 1 is 0.608 bits per heavy atom. The highest BCUT2D eigenvalue weighted by Crippen LogP contribution is 2.25. The number of aliphatic carboxylic acids is 3. The molecule has 0 unspecified atom stereocenters. The van der Waals surface area contributed by atoms with E-state index >= 15 is 0 Å². The van der Waals surface area contributed by atoms with Crippen LogP contribution in [0.15, 0.2) is 0 Å². The number of benzene rings is 1. The molecule has 0 bridgehead atoms. The molecule has 0 spiro atoms. The van der Waals surface area contributed by atoms with Crippen molar-refractivity contribution in [1.82, 2.24) is 47.2 Å². The van der Waals surface area contributed by atoms with E-state index in [-0.39, 0.29) is 25.8 Å². The highest BCUT2D eigenvalue weighted by atomic mass is 19.2. The third-order valence-electron chi connectivity index (χ3n) is 11.1. The molecule has 8 atom stereocenters. The smallest absolute Gasteiger partial charge is 0.305 e. The summed E-state index contributed by atoms with van der Waals surface area (Å²) in [4.78, 5) is 156. The van der Waals surface area contributed by atoms with Crippen LogP contribution < -0.4 is 37.3 Å². The van der Waals surface area contributed by atoms with Crippen molar-refractivity contribution >= 4 is 71.1 Å². The Morgan fingerprint density at radius 2 is 1.05 bits per heavy atom. The standard InChI is InChI=1S/C44H60F5N9O16/c1-8-13-58(43(73)28-29(45)31(47)33(49)32(48)30(28)46)56-40(70)24-10-9-14-57(24)44(74)35(18(4)5)54-41(71)34(17(2)3)53-39(69)23(16-27(65)66)52-37(67)21(11-12-25(61)62)51-42(72)36(19(6)59)55-38(68)22(15-26(63)64)50-20(7)60/h17-19,21-24,34-36,59H,8-16H2,1-7H3,(H,50,60)(H,51,72)(H,52,67)(H,53,69)(H,54,71)(H,55,68)(H,56,70)(H,61,62)(H,63,64)(H,65,66)/t19-,21+,22+,23+,24-,34+,35+,36+/m1/s1. The van der Waals surface area contributed by atoms with Crippen molar-refractivity contribution in [3.8, 4) is 0 Å². The van der Waals surface area contributed by atoms with Crippen molar-refractivity contribution in [2.24, 2.45) is 11.8 Å². The lowest BCUT2D eigenvalue weighted by Crippen LogP contribution is -2.62. The molecule has 1 aliphatic rings. The third kappa shape index (κ3) is 17.3. The van der Waals surface area contributed by atoms with E-state index in [0.29, 0.717) is 5.01 Å². The van der Waals surface area contributed by atoms with Crippen LogP contribution in [0.4, 0.5) is 22.0 Å². The molecule has 1 saturated heterocycles. The summed E-state index contributed by atoms with van der Waals surface area (Å²) in [6, 6.07) is -12.2. The van der Waals surface area contributed by atoms with Crippen LogP contribution in [0, 0.1) is 40.9 Å². The molecule has 0 radical (unpaired) electrons. The van der Waals surface area contributed by atoms with Crippen LogP contribution in [-0.4, -0.2) is 163 Å². The van der Waals surface area contributed by atoms with E-state index in [4.69, 9.17) is 0 Å². The van der Waals surface area contributed by atoms with Crippen molar-refractivity contribution in [3.05, 3.63) is 34.6 Å². The number of aliphatic hydroxyl groups is 1. The molecule has 1 heterocycles. The number of carbonyl (C=O) groups is 12. The van der Waals surface area contributed by atoms with Gasteiger partial charge in [-0.3, -0.25) is 63.0 Å². The SMILES string of the molecule is CCCN(NC(=O)[C@H]1CCCN1C(=O)[C@@H](NC(=O)[C@@H](NC(=O)[C@H](CC(=O)O)NC(=O)[C@H](CCC(=O)O)NC(=O)[C@@H](NC(=O)[C@H](CC(=O)O)NC(C)=O)[C@@H](C)O)C(C)C)C(C)C)C(=O)c1c(F)c(F)c(F)c(F)c1F. The first-order chi connectivity index (χ1) is 34.4. The van der Waals surface area contributed by atoms with Gasteiger partial charge in [-0.15, -0.1) is 0 Å². The average Bonchev–Trinajstić information content (AvgIpc) is 3.80. The average molecular weight is 1070 g/mol. The van der Waals surface area contributed by atoms with E-state index in [1.165, 1.54) is 34.6 Å². The van der Waals surface area contributed by atoms with E-state index < -0.39 is 198 Å². The molecule has 30 heteroatoms. The lowest BCUT2D eigenvalue weighted by atomic mass is 9.98. The van der Waals surface area contributed by atoms with Gasteiger partial charge in [0.1, 0.15) is 47.9 Å². The second-order valence-corrected chi connectivity index (χ2v) is 17.8. The summed E-state index contributed by atoms with van der Waals surface area (Å²) in [5.74, 6) is -29.6. The Morgan fingerprint density at radius 3 is 1.51 bits per heavy atom. The summed E-state index contributed by atoms with van der Waals surface area (Å²) in [6.07, 6.45) is -5.41. The number of carboxylic acids is 3. The normalized spacial score (nSPS) is 16.0. The molecule has 2 rings (SSSR count). The predicted molar refractivity (Wildman–Crippen MR) is 240 cm³/mol. The number of hydrogen-bond acceptors (Lipinski definition) is 13. The van der Waals surface area contributed by atoms with Crippen molar-refractivity contribution < 1.29 is 99.9 Å². The maximum atomic E-state index is 14.6. The molecule has 1 aliphatic heterocycles. The van der Waals surface area contributed by atoms with Crippen LogP contribution >= 0.6 is 0 Å². The van der Waals surface area contributed by atoms with Crippen LogP contribution in [0.5, 0.6) is 0 Å². The zero-order chi connectivity index (χ0) is 56.6. The van der Waals surface area contributed by atoms with Gasteiger partial charge in [0.15, 0.2) is 23.3 Å². The molecule has 412 valence electrons. The molecule has 25 nitrogen and oxygen atoms in total. The van der Waals surface area contributed by atoms with Gasteiger partial charge in [-0.25, -0.2) is 27.0 Å². The predicted octanol–water partition coefficient (Wildman–Crippen LogP) is -1.31. The van der Waals surface area contributed by atoms with E-state index in [2.05, 4.69) is 32.0 Å². The van der Waals surface area contributed by atoms with E-state index in [1.54, 1.807) is 0 Å². The molecule has 1 aromatic rings. The van der Waals surface area contributed by atoms with Crippen molar-refractivity contribution in [1.29, 1.82) is 0 Å². The molecule has 0 aliphatic carbocycles. The monoisotopic (exact) mass is 1070 g/mol. The van der Waals surface area contributed by atoms with Gasteiger partial charge in [-0.1, -0.05) is 34.6 Å². The molecule has 0 saturated carbocycles. The van der Waals surface area contributed by atoms with Gasteiger partial charge in [0.2, 0.25) is 47.2 Å². The first-order valence-corrected chi connectivity index (χ1v) is 22.9. The summed E-state index contributed by atoms with van der Waals surface area (Å²) in [5.41, 5.74) is 0.229. The second-order valence-electron chi connectivity index (χ2n) is 17.8. The van der Waals surface area contributed by atoms with E-state index in [1.807, 2.05) is 5.32 Å². The summed E-state index contributed by atoms with van der Waals surface area (Å²) in [5, 5.41) is 51.9. The molecule has 1 aromatic carbocycles. The molecule has 74 heavy (non-hydrogen) atoms. The van der Waals surface area contributed by atoms with Crippen molar-refractivity contribution in [2.45, 2.75) is 142 Å². The van der Waals surface area contributed by atoms with Gasteiger partial charge in [-0.2, -0.15) is 0 Å². The lowest BCUT2D eigenvalue weighted by Gasteiger charge is -2.33. The van der Waals surface area contributed by atoms with Gasteiger partial charge in [0.25, 0.3) is 11.8 Å². The minimum Gasteiger partial charge on any atom is -0.481 e. The van der Waals surface area contributed by atoms with Crippen LogP contribution in [0.3, 0.4) is 0 Å². The number of halogens is 5. The van der Waals surface area contributed by atoms with E-state index in [9.17, 15) is 99.9 Å². The summed E-state index contributed by atoms with van der Waals surface area (Å²) < 4.78 is 70.9. The summed E-state index contributed by atoms with van der Waals surface area (Å²) in [7, 11) is 0. The Hall–Kier alpha value is -7.53. The van der Waals surface area contributed by atoms with Gasteiger partial charge in [0, 0.05) is 26.4 Å². The van der Waals surface area contributed by atoms with Crippen LogP contribution in [0.25, 0.3) is 0 Å². The number of aliphatic hydroxyl groups excluding tert-OH is 1. The van der Waals surface area contributed by atoms with Crippen LogP contribution in [0.2, 0.25) is 0 Å². The van der Waals surface area contributed by atoms with Crippen molar-refractivity contribution in [3.63, 3.8) is 0 Å². The quantitative estimate of drug-likeness (QED) is 0.0222. The maximum Gasteiger partial charge on any atom is 0.305 e. The molecular weight excluding hydrogens is 1010 g/mol. The summed E-state index contributed by atoms with van der Waals surface area (Å²) >= 11 is 0. The lowest BCUT2D eigenvalue weighted by molar-refractivity contribution is -0.144. The van der Waals surface area contributed by atoms with Crippen molar-refractivity contribution in [2.75, 3.05) is 13.1 Å². The first-order valence-electron chi connectivity index (χ1n) is 22.9. The zero-order valence-electron chi connectivity index (χ0n) is 41.1. The molecular formula is C44H60F5N9O16. The Balaban J connectivity index is 2.36. The number of amides is 9. The number of likely N-dealkylation sites (tertiary alicyclic amines) is 1. The number of nitrogens with one attached hydrogen (secondary N) is 7. The molecule has 11 N–H and O–H groups in total. The first kappa shape index (κ1) is 62.6. The fourth-order valence-corrected chi connectivity index (χ4v) is 7.34. The minimum atomic E-state index is -2.52. The summed E-state index contributed by atoms with van der Waals surface area (Å²) in [6.45, 7) is 8.61. The topological polar surface area (TPSA) is 376 Å². The van der Waals surface area contributed by atoms with Crippen LogP contribution in [-0.2, 0) is 52.7 Å².